The van der Waals surface area contributed by atoms with Gasteiger partial charge >= 0.3 is 5.63 Å². The molecule has 0 spiro atoms. The molecule has 6 nitrogen and oxygen atoms in total. The molecule has 52 heavy (non-hydrogen) atoms. The average molecular weight is 729 g/mol. The smallest absolute Gasteiger partial charge is 0.343 e. The van der Waals surface area contributed by atoms with Crippen LogP contribution in [0.2, 0.25) is 0 Å². The number of hydrogen-bond donors (Lipinski definition) is 1. The van der Waals surface area contributed by atoms with E-state index >= 15 is 0 Å². The van der Waals surface area contributed by atoms with Crippen molar-refractivity contribution in [1.29, 1.82) is 0 Å². The van der Waals surface area contributed by atoms with Crippen LogP contribution >= 0.6 is 19.9 Å². The molecule has 0 radical (unpaired) electrons. The summed E-state index contributed by atoms with van der Waals surface area (Å²) in [7, 11) is -1.83. The topological polar surface area (TPSA) is 57.0 Å². The summed E-state index contributed by atoms with van der Waals surface area (Å²) in [6.07, 6.45) is 9.10. The summed E-state index contributed by atoms with van der Waals surface area (Å²) < 4.78 is 5.96. The van der Waals surface area contributed by atoms with Crippen LogP contribution in [0.15, 0.2) is 117 Å². The third-order valence-corrected chi connectivity index (χ3v) is 16.1. The maximum absolute atomic E-state index is 13.5. The van der Waals surface area contributed by atoms with Crippen molar-refractivity contribution in [3.8, 4) is 0 Å². The van der Waals surface area contributed by atoms with Gasteiger partial charge in [0.2, 0.25) is 0 Å². The van der Waals surface area contributed by atoms with Crippen molar-refractivity contribution in [2.45, 2.75) is 38.5 Å². The lowest BCUT2D eigenvalue weighted by molar-refractivity contribution is -0.128. The molecule has 8 heteroatoms. The molecule has 4 heterocycles. The van der Waals surface area contributed by atoms with Gasteiger partial charge in [0.25, 0.3) is 5.91 Å². The number of unbranched alkanes of at least 4 members (excludes halogenated alkanes) is 1. The minimum atomic E-state index is -1.83. The van der Waals surface area contributed by atoms with E-state index in [4.69, 9.17) is 4.42 Å². The predicted octanol–water partition coefficient (Wildman–Crippen LogP) is 6.68. The van der Waals surface area contributed by atoms with Gasteiger partial charge in [0.15, 0.2) is 0 Å². The van der Waals surface area contributed by atoms with Crippen LogP contribution in [0.3, 0.4) is 0 Å². The Bertz CT molecular complexity index is 2030. The SMILES string of the molecule is O=C(/C(S)=C/c1cc2cc3c4c(c2oc1=O)CCCN4CCC3)N1CCN(CCCC[P+](c2ccccc2)(c2ccccc2)c2ccccc2)CC1. The quantitative estimate of drug-likeness (QED) is 0.0572. The molecule has 1 aromatic heterocycles. The number of benzene rings is 4. The third kappa shape index (κ3) is 6.87. The fourth-order valence-electron chi connectivity index (χ4n) is 8.67. The molecule has 5 aromatic rings. The number of fused-ring (bicyclic) bond motifs is 2. The Hall–Kier alpha value is -4.16. The zero-order chi connectivity index (χ0) is 35.5. The second kappa shape index (κ2) is 15.4. The second-order valence-corrected chi connectivity index (χ2v) is 18.5. The summed E-state index contributed by atoms with van der Waals surface area (Å²) >= 11 is 4.61. The fourth-order valence-corrected chi connectivity index (χ4v) is 13.4. The lowest BCUT2D eigenvalue weighted by atomic mass is 9.90. The molecule has 4 aromatic carbocycles. The number of aryl methyl sites for hydroxylation is 2. The van der Waals surface area contributed by atoms with Crippen LogP contribution in [0.1, 0.15) is 42.4 Å². The van der Waals surface area contributed by atoms with E-state index in [1.165, 1.54) is 27.2 Å². The van der Waals surface area contributed by atoms with Crippen LogP contribution in [0.25, 0.3) is 17.0 Å². The van der Waals surface area contributed by atoms with Crippen molar-refractivity contribution in [2.24, 2.45) is 0 Å². The summed E-state index contributed by atoms with van der Waals surface area (Å²) in [5.74, 6) is -0.137. The van der Waals surface area contributed by atoms with Gasteiger partial charge in [0, 0.05) is 55.9 Å². The molecule has 3 aliphatic heterocycles. The van der Waals surface area contributed by atoms with Crippen LogP contribution in [-0.4, -0.2) is 67.7 Å². The van der Waals surface area contributed by atoms with E-state index in [-0.39, 0.29) is 10.8 Å². The summed E-state index contributed by atoms with van der Waals surface area (Å²) in [4.78, 5) is 33.8. The Morgan fingerprint density at radius 1 is 0.750 bits per heavy atom. The van der Waals surface area contributed by atoms with Crippen LogP contribution in [0.4, 0.5) is 5.69 Å². The van der Waals surface area contributed by atoms with Gasteiger partial charge < -0.3 is 14.2 Å². The molecule has 0 atom stereocenters. The highest BCUT2D eigenvalue weighted by Gasteiger charge is 2.44. The largest absolute Gasteiger partial charge is 0.422 e. The number of amides is 1. The Labute approximate surface area is 312 Å². The van der Waals surface area contributed by atoms with E-state index in [9.17, 15) is 9.59 Å². The van der Waals surface area contributed by atoms with E-state index < -0.39 is 12.9 Å². The lowest BCUT2D eigenvalue weighted by Crippen LogP contribution is -2.49. The zero-order valence-corrected chi connectivity index (χ0v) is 31.5. The van der Waals surface area contributed by atoms with Crippen LogP contribution in [-0.2, 0) is 17.6 Å². The minimum Gasteiger partial charge on any atom is -0.422 e. The Morgan fingerprint density at radius 3 is 1.96 bits per heavy atom. The van der Waals surface area contributed by atoms with Crippen LogP contribution in [0.5, 0.6) is 0 Å². The Morgan fingerprint density at radius 2 is 1.35 bits per heavy atom. The van der Waals surface area contributed by atoms with Crippen molar-refractivity contribution in [1.82, 2.24) is 9.80 Å². The summed E-state index contributed by atoms with van der Waals surface area (Å²) in [6, 6.07) is 37.3. The number of carbonyl (C=O) groups excluding carboxylic acids is 1. The molecule has 8 rings (SSSR count). The van der Waals surface area contributed by atoms with Gasteiger partial charge in [0.1, 0.15) is 28.8 Å². The summed E-state index contributed by atoms with van der Waals surface area (Å²) in [5, 5.41) is 5.21. The van der Waals surface area contributed by atoms with E-state index in [0.717, 1.165) is 88.4 Å². The van der Waals surface area contributed by atoms with E-state index in [0.29, 0.717) is 24.2 Å². The summed E-state index contributed by atoms with van der Waals surface area (Å²) in [6.45, 7) is 6.07. The van der Waals surface area contributed by atoms with Gasteiger partial charge in [-0.2, -0.15) is 0 Å². The molecule has 0 aliphatic carbocycles. The molecule has 0 bridgehead atoms. The van der Waals surface area contributed by atoms with Gasteiger partial charge in [0.05, 0.1) is 16.6 Å². The van der Waals surface area contributed by atoms with Crippen molar-refractivity contribution >= 4 is 64.4 Å². The normalized spacial score (nSPS) is 16.6. The molecule has 0 N–H and O–H groups in total. The van der Waals surface area contributed by atoms with E-state index in [1.54, 1.807) is 6.08 Å². The minimum absolute atomic E-state index is 0.137. The van der Waals surface area contributed by atoms with Gasteiger partial charge in [-0.05, 0) is 105 Å². The third-order valence-electron chi connectivity index (χ3n) is 11.2. The average Bonchev–Trinajstić information content (AvgIpc) is 3.20. The molecule has 0 unspecified atom stereocenters. The van der Waals surface area contributed by atoms with E-state index in [2.05, 4.69) is 119 Å². The first kappa shape index (κ1) is 34.9. The van der Waals surface area contributed by atoms with Crippen molar-refractivity contribution in [2.75, 3.05) is 56.9 Å². The molecule has 266 valence electrons. The number of carbonyl (C=O) groups is 1. The number of anilines is 1. The first-order valence-electron chi connectivity index (χ1n) is 18.9. The Kier molecular flexibility index (Phi) is 10.4. The Balaban J connectivity index is 0.909. The predicted molar refractivity (Wildman–Crippen MR) is 221 cm³/mol. The monoisotopic (exact) mass is 728 g/mol. The second-order valence-electron chi connectivity index (χ2n) is 14.4. The molecule has 1 fully saturated rings. The molecular weight excluding hydrogens is 682 g/mol. The fraction of sp³-hybridized carbons (Fsp3) is 0.318. The number of thiol groups is 1. The number of nitrogens with zero attached hydrogens (tertiary/aromatic N) is 3. The maximum Gasteiger partial charge on any atom is 0.343 e. The van der Waals surface area contributed by atoms with Crippen molar-refractivity contribution < 1.29 is 9.21 Å². The maximum atomic E-state index is 13.5. The first-order valence-corrected chi connectivity index (χ1v) is 21.3. The van der Waals surface area contributed by atoms with Crippen LogP contribution < -0.4 is 26.4 Å². The molecule has 1 amide bonds. The zero-order valence-electron chi connectivity index (χ0n) is 29.8. The molecule has 1 saturated heterocycles. The van der Waals surface area contributed by atoms with Crippen molar-refractivity contribution in [3.63, 3.8) is 0 Å². The highest BCUT2D eigenvalue weighted by atomic mass is 32.1. The van der Waals surface area contributed by atoms with Crippen molar-refractivity contribution in [3.05, 3.63) is 135 Å². The molecule has 3 aliphatic rings. The van der Waals surface area contributed by atoms with Gasteiger partial charge in [-0.15, -0.1) is 12.6 Å². The molecular formula is C44H47N3O3PS+. The first-order chi connectivity index (χ1) is 25.5. The number of hydrogen-bond acceptors (Lipinski definition) is 6. The summed E-state index contributed by atoms with van der Waals surface area (Å²) in [5.41, 5.74) is 4.43. The standard InChI is InChI=1S/C44H46N3O3PS/c48-43(40(52)32-35-31-34-30-33-14-12-23-46-24-13-21-39(41(33)46)42(34)50-44(35)49)47-27-25-45(26-28-47)22-10-11-29-51(36-15-4-1-5-16-36,37-17-6-2-7-18-37)38-19-8-3-9-20-38/h1-9,15-20,30-32H,10-14,21-29H2/p+1/b40-32-. The van der Waals surface area contributed by atoms with E-state index in [1.807, 2.05) is 11.0 Å². The van der Waals surface area contributed by atoms with Crippen LogP contribution in [0, 0.1) is 0 Å². The van der Waals surface area contributed by atoms with Gasteiger partial charge in [-0.1, -0.05) is 54.6 Å². The highest BCUT2D eigenvalue weighted by Crippen LogP contribution is 2.56. The highest BCUT2D eigenvalue weighted by molar-refractivity contribution is 7.95. The van der Waals surface area contributed by atoms with Gasteiger partial charge in [-0.25, -0.2) is 4.79 Å². The number of rotatable bonds is 10. The number of piperazine rings is 1. The lowest BCUT2D eigenvalue weighted by Gasteiger charge is -2.37. The molecule has 0 saturated carbocycles. The van der Waals surface area contributed by atoms with Gasteiger partial charge in [-0.3, -0.25) is 9.69 Å².